The number of carboxylic acids is 1. The number of sulfonamides is 2. The van der Waals surface area contributed by atoms with Crippen LogP contribution in [-0.4, -0.2) is 74.8 Å². The molecular formula is C35H47N5O9S2. The van der Waals surface area contributed by atoms with Gasteiger partial charge in [-0.05, 0) is 71.9 Å². The normalized spacial score (nSPS) is 23.4. The molecule has 0 aliphatic carbocycles. The van der Waals surface area contributed by atoms with Crippen molar-refractivity contribution in [2.75, 3.05) is 31.7 Å². The van der Waals surface area contributed by atoms with E-state index < -0.39 is 44.1 Å². The minimum Gasteiger partial charge on any atom is -0.480 e. The van der Waals surface area contributed by atoms with Gasteiger partial charge in [0.15, 0.2) is 0 Å². The molecule has 3 aromatic carbocycles. The van der Waals surface area contributed by atoms with Crippen LogP contribution in [0.4, 0.5) is 16.2 Å². The Bertz CT molecular complexity index is 1920. The van der Waals surface area contributed by atoms with Gasteiger partial charge in [-0.2, -0.15) is 8.61 Å². The number of fused-ring (bicyclic) bond motifs is 2. The van der Waals surface area contributed by atoms with Crippen molar-refractivity contribution in [3.63, 3.8) is 0 Å². The number of nitrogens with one attached hydrogen (secondary N) is 2. The molecule has 0 spiro atoms. The van der Waals surface area contributed by atoms with Crippen LogP contribution >= 0.6 is 0 Å². The lowest BCUT2D eigenvalue weighted by atomic mass is 9.94. The Kier molecular flexibility index (Phi) is 11.3. The van der Waals surface area contributed by atoms with E-state index in [1.54, 1.807) is 13.8 Å². The van der Waals surface area contributed by atoms with E-state index in [2.05, 4.69) is 16.0 Å². The molecular weight excluding hydrogens is 699 g/mol. The Morgan fingerprint density at radius 2 is 1.25 bits per heavy atom. The molecule has 2 fully saturated rings. The first kappa shape index (κ1) is 38.4. The summed E-state index contributed by atoms with van der Waals surface area (Å²) in [4.78, 5) is 42.5. The Morgan fingerprint density at radius 1 is 0.824 bits per heavy atom. The van der Waals surface area contributed by atoms with Crippen molar-refractivity contribution in [3.05, 3.63) is 41.3 Å². The molecule has 5 rings (SSSR count). The van der Waals surface area contributed by atoms with Crippen molar-refractivity contribution in [1.82, 2.24) is 13.9 Å². The Morgan fingerprint density at radius 3 is 1.63 bits per heavy atom. The van der Waals surface area contributed by atoms with Crippen LogP contribution in [0.1, 0.15) is 60.8 Å². The summed E-state index contributed by atoms with van der Waals surface area (Å²) in [6.45, 7) is 12.8. The molecule has 3 aromatic rings. The molecule has 278 valence electrons. The Labute approximate surface area is 298 Å². The average Bonchev–Trinajstić information content (AvgIpc) is 3.07. The minimum absolute atomic E-state index is 0.0805. The van der Waals surface area contributed by atoms with Gasteiger partial charge in [-0.3, -0.25) is 0 Å². The summed E-state index contributed by atoms with van der Waals surface area (Å²) in [5.74, 6) is -1.07. The highest BCUT2D eigenvalue weighted by atomic mass is 32.2. The van der Waals surface area contributed by atoms with Crippen molar-refractivity contribution in [2.24, 2.45) is 34.8 Å². The third-order valence-electron chi connectivity index (χ3n) is 10.1. The summed E-state index contributed by atoms with van der Waals surface area (Å²) in [7, 11) is -8.02. The lowest BCUT2D eigenvalue weighted by Crippen LogP contribution is -2.45. The molecule has 16 heteroatoms. The van der Waals surface area contributed by atoms with Gasteiger partial charge in [0, 0.05) is 47.7 Å². The van der Waals surface area contributed by atoms with Crippen LogP contribution in [0, 0.1) is 34.5 Å². The number of carbonyl (C=O) groups is 2. The summed E-state index contributed by atoms with van der Waals surface area (Å²) in [6.07, 6.45) is 1.16. The van der Waals surface area contributed by atoms with Crippen LogP contribution in [0.5, 0.6) is 0 Å². The Hall–Kier alpha value is -3.86. The number of amides is 1. The van der Waals surface area contributed by atoms with E-state index in [1.165, 1.54) is 45.0 Å². The fraction of sp³-hybridized carbons (Fsp3) is 0.543. The van der Waals surface area contributed by atoms with Gasteiger partial charge in [-0.1, -0.05) is 60.1 Å². The van der Waals surface area contributed by atoms with Gasteiger partial charge >= 0.3 is 12.1 Å². The van der Waals surface area contributed by atoms with Gasteiger partial charge in [-0.25, -0.2) is 31.9 Å². The maximum absolute atomic E-state index is 13.9. The summed E-state index contributed by atoms with van der Waals surface area (Å²) in [6, 6.07) is 7.15. The van der Waals surface area contributed by atoms with Crippen molar-refractivity contribution in [3.8, 4) is 0 Å². The second kappa shape index (κ2) is 15.0. The number of carbonyl (C=O) groups excluding carboxylic acids is 1. The predicted octanol–water partition coefficient (Wildman–Crippen LogP) is 6.28. The summed E-state index contributed by atoms with van der Waals surface area (Å²) < 4.78 is 58.6. The number of nitrogens with zero attached hydrogens (tertiary/aromatic N) is 3. The topological polar surface area (TPSA) is 192 Å². The van der Waals surface area contributed by atoms with Crippen molar-refractivity contribution in [1.29, 1.82) is 0 Å². The first-order valence-electron chi connectivity index (χ1n) is 17.3. The lowest BCUT2D eigenvalue weighted by molar-refractivity contribution is -0.140. The van der Waals surface area contributed by atoms with Crippen LogP contribution in [0.25, 0.3) is 21.5 Å². The zero-order valence-electron chi connectivity index (χ0n) is 29.7. The zero-order chi connectivity index (χ0) is 37.4. The Balaban J connectivity index is 1.65. The van der Waals surface area contributed by atoms with Crippen molar-refractivity contribution in [2.45, 2.75) is 76.6 Å². The van der Waals surface area contributed by atoms with Gasteiger partial charge in [0.2, 0.25) is 20.0 Å². The van der Waals surface area contributed by atoms with Gasteiger partial charge in [0.1, 0.15) is 11.7 Å². The molecule has 0 radical (unpaired) electrons. The maximum Gasteiger partial charge on any atom is 0.432 e. The van der Waals surface area contributed by atoms with Crippen molar-refractivity contribution >= 4 is 65.0 Å². The fourth-order valence-corrected chi connectivity index (χ4v) is 10.9. The standard InChI is InChI=1S/C35H47N5O9S2/c1-7-24(6)31(34(41)42)36-35(43)49-38-33-27-10-8-25(50(45,46)39-16-20(2)12-21(3)17-39)14-29(27)32(37-44)30-15-26(9-11-28(30)33)51(47,48)40-18-22(4)13-23(5)19-40/h8-11,14-15,20-24,31,38H,7,12-13,16-19H2,1-6H3,(H,36,43)(H,41,42)/t20-,21+,22-,23+,24?,31?. The minimum atomic E-state index is -4.01. The number of anilines is 1. The van der Waals surface area contributed by atoms with E-state index in [9.17, 15) is 36.4 Å². The number of rotatable bonds is 11. The van der Waals surface area contributed by atoms with E-state index >= 15 is 0 Å². The zero-order valence-corrected chi connectivity index (χ0v) is 31.4. The number of aliphatic carboxylic acids is 1. The maximum atomic E-state index is 13.9. The van der Waals surface area contributed by atoms with E-state index in [0.29, 0.717) is 32.6 Å². The molecule has 6 atom stereocenters. The third-order valence-corrected chi connectivity index (χ3v) is 13.7. The molecule has 2 unspecified atom stereocenters. The largest absolute Gasteiger partial charge is 0.480 e. The van der Waals surface area contributed by atoms with E-state index in [4.69, 9.17) is 4.84 Å². The molecule has 51 heavy (non-hydrogen) atoms. The highest BCUT2D eigenvalue weighted by Gasteiger charge is 2.34. The summed E-state index contributed by atoms with van der Waals surface area (Å²) in [5.41, 5.74) is 2.51. The van der Waals surface area contributed by atoms with Crippen LogP contribution in [0.15, 0.2) is 51.4 Å². The molecule has 2 heterocycles. The summed E-state index contributed by atoms with van der Waals surface area (Å²) in [5, 5.41) is 16.0. The smallest absolute Gasteiger partial charge is 0.432 e. The van der Waals surface area contributed by atoms with Crippen LogP contribution in [0.3, 0.4) is 0 Å². The van der Waals surface area contributed by atoms with Crippen LogP contribution in [-0.2, 0) is 29.7 Å². The number of piperidine rings is 2. The molecule has 14 nitrogen and oxygen atoms in total. The number of carboxylic acid groups (broad SMARTS) is 1. The van der Waals surface area contributed by atoms with Gasteiger partial charge < -0.3 is 15.3 Å². The van der Waals surface area contributed by atoms with E-state index in [0.717, 1.165) is 12.8 Å². The van der Waals surface area contributed by atoms with Gasteiger partial charge in [-0.15, -0.1) is 4.91 Å². The van der Waals surface area contributed by atoms with Crippen molar-refractivity contribution < 1.29 is 36.4 Å². The summed E-state index contributed by atoms with van der Waals surface area (Å²) >= 11 is 0. The van der Waals surface area contributed by atoms with E-state index in [-0.39, 0.29) is 66.4 Å². The SMILES string of the molecule is CCC(C)C(NC(=O)ONc1c2ccc(S(=O)(=O)N3C[C@H](C)C[C@H](C)C3)cc2c(N=O)c2cc(S(=O)(=O)N3C[C@H](C)C[C@H](C)C3)ccc12)C(=O)O. The average molecular weight is 746 g/mol. The lowest BCUT2D eigenvalue weighted by Gasteiger charge is -2.34. The quantitative estimate of drug-likeness (QED) is 0.114. The molecule has 0 bridgehead atoms. The molecule has 2 saturated heterocycles. The highest BCUT2D eigenvalue weighted by molar-refractivity contribution is 7.89. The molecule has 3 N–H and O–H groups in total. The molecule has 2 aliphatic heterocycles. The van der Waals surface area contributed by atoms with Crippen LogP contribution < -0.4 is 10.8 Å². The second-order valence-electron chi connectivity index (χ2n) is 14.6. The van der Waals surface area contributed by atoms with Crippen LogP contribution in [0.2, 0.25) is 0 Å². The number of hydrogen-bond donors (Lipinski definition) is 3. The number of benzene rings is 3. The second-order valence-corrected chi connectivity index (χ2v) is 18.5. The third kappa shape index (κ3) is 7.83. The first-order valence-corrected chi connectivity index (χ1v) is 20.2. The highest BCUT2D eigenvalue weighted by Crippen LogP contribution is 2.44. The molecule has 0 aromatic heterocycles. The fourth-order valence-electron chi connectivity index (χ4n) is 7.53. The predicted molar refractivity (Wildman–Crippen MR) is 194 cm³/mol. The molecule has 2 aliphatic rings. The first-order chi connectivity index (χ1) is 24.0. The number of nitroso groups, excluding NO2 is 1. The van der Waals surface area contributed by atoms with Gasteiger partial charge in [0.25, 0.3) is 0 Å². The number of hydrogen-bond acceptors (Lipinski definition) is 10. The molecule has 0 saturated carbocycles. The van der Waals surface area contributed by atoms with E-state index in [1.807, 2.05) is 27.7 Å². The monoisotopic (exact) mass is 745 g/mol. The molecule has 1 amide bonds. The van der Waals surface area contributed by atoms with Gasteiger partial charge in [0.05, 0.1) is 15.5 Å².